The topological polar surface area (TPSA) is 76.2 Å². The number of rotatable bonds is 5. The van der Waals surface area contributed by atoms with Crippen LogP contribution in [-0.2, 0) is 25.5 Å². The summed E-state index contributed by atoms with van der Waals surface area (Å²) in [6.45, 7) is 3.41. The molecule has 0 radical (unpaired) electrons. The summed E-state index contributed by atoms with van der Waals surface area (Å²) in [4.78, 5) is 39.3. The maximum atomic E-state index is 12.3. The Balaban J connectivity index is 1.47. The molecular weight excluding hydrogens is 360 g/mol. The van der Waals surface area contributed by atoms with E-state index in [2.05, 4.69) is 0 Å². The van der Waals surface area contributed by atoms with E-state index in [4.69, 9.17) is 9.47 Å². The highest BCUT2D eigenvalue weighted by Gasteiger charge is 2.25. The molecule has 0 atom stereocenters. The van der Waals surface area contributed by atoms with Crippen LogP contribution in [0.2, 0.25) is 0 Å². The van der Waals surface area contributed by atoms with Crippen LogP contribution in [0.4, 0.5) is 4.79 Å². The monoisotopic (exact) mass is 384 g/mol. The predicted molar refractivity (Wildman–Crippen MR) is 104 cm³/mol. The van der Waals surface area contributed by atoms with E-state index in [1.165, 1.54) is 0 Å². The Morgan fingerprint density at radius 3 is 2.32 bits per heavy atom. The molecule has 0 bridgehead atoms. The molecular formula is C21H24N2O5. The van der Waals surface area contributed by atoms with E-state index < -0.39 is 5.97 Å². The molecule has 7 heteroatoms. The summed E-state index contributed by atoms with van der Waals surface area (Å²) in [6.07, 6.45) is -0.248. The SMILES string of the molecule is CCOC(=O)N1CCN(C(=O)COC(=O)Cc2cccc3ccccc23)CC1. The van der Waals surface area contributed by atoms with Crippen molar-refractivity contribution in [3.63, 3.8) is 0 Å². The van der Waals surface area contributed by atoms with Crippen LogP contribution in [0.1, 0.15) is 12.5 Å². The molecule has 3 rings (SSSR count). The van der Waals surface area contributed by atoms with Crippen molar-refractivity contribution in [1.29, 1.82) is 0 Å². The van der Waals surface area contributed by atoms with Gasteiger partial charge in [0.2, 0.25) is 0 Å². The number of hydrogen-bond acceptors (Lipinski definition) is 5. The molecule has 1 heterocycles. The average Bonchev–Trinajstić information content (AvgIpc) is 2.72. The van der Waals surface area contributed by atoms with Crippen LogP contribution >= 0.6 is 0 Å². The number of carbonyl (C=O) groups is 3. The van der Waals surface area contributed by atoms with Crippen LogP contribution in [0.3, 0.4) is 0 Å². The Labute approximate surface area is 163 Å². The zero-order chi connectivity index (χ0) is 19.9. The van der Waals surface area contributed by atoms with Crippen molar-refractivity contribution in [3.8, 4) is 0 Å². The maximum absolute atomic E-state index is 12.3. The van der Waals surface area contributed by atoms with Crippen molar-refractivity contribution in [1.82, 2.24) is 9.80 Å². The van der Waals surface area contributed by atoms with Crippen LogP contribution in [0, 0.1) is 0 Å². The first kappa shape index (κ1) is 19.7. The third-order valence-corrected chi connectivity index (χ3v) is 4.73. The number of hydrogen-bond donors (Lipinski definition) is 0. The Bertz CT molecular complexity index is 853. The molecule has 0 saturated carbocycles. The zero-order valence-corrected chi connectivity index (χ0v) is 15.9. The third-order valence-electron chi connectivity index (χ3n) is 4.73. The summed E-state index contributed by atoms with van der Waals surface area (Å²) < 4.78 is 10.1. The molecule has 148 valence electrons. The summed E-state index contributed by atoms with van der Waals surface area (Å²) in [5, 5.41) is 2.06. The molecule has 0 aliphatic carbocycles. The first-order valence-corrected chi connectivity index (χ1v) is 9.40. The zero-order valence-electron chi connectivity index (χ0n) is 15.9. The molecule has 2 amide bonds. The minimum atomic E-state index is -0.435. The quantitative estimate of drug-likeness (QED) is 0.739. The van der Waals surface area contributed by atoms with Crippen molar-refractivity contribution < 1.29 is 23.9 Å². The fourth-order valence-corrected chi connectivity index (χ4v) is 3.24. The van der Waals surface area contributed by atoms with E-state index >= 15 is 0 Å². The van der Waals surface area contributed by atoms with Crippen LogP contribution in [0.25, 0.3) is 10.8 Å². The Morgan fingerprint density at radius 2 is 1.57 bits per heavy atom. The van der Waals surface area contributed by atoms with Gasteiger partial charge in [-0.1, -0.05) is 42.5 Å². The molecule has 28 heavy (non-hydrogen) atoms. The van der Waals surface area contributed by atoms with Crippen molar-refractivity contribution in [3.05, 3.63) is 48.0 Å². The van der Waals surface area contributed by atoms with Gasteiger partial charge in [-0.15, -0.1) is 0 Å². The number of piperazine rings is 1. The molecule has 0 spiro atoms. The summed E-state index contributed by atoms with van der Waals surface area (Å²) in [5.41, 5.74) is 0.874. The largest absolute Gasteiger partial charge is 0.455 e. The van der Waals surface area contributed by atoms with Crippen LogP contribution in [-0.4, -0.2) is 67.2 Å². The second-order valence-electron chi connectivity index (χ2n) is 6.54. The minimum Gasteiger partial charge on any atom is -0.455 e. The Hall–Kier alpha value is -3.09. The molecule has 7 nitrogen and oxygen atoms in total. The fraction of sp³-hybridized carbons (Fsp3) is 0.381. The van der Waals surface area contributed by atoms with E-state index in [0.717, 1.165) is 16.3 Å². The van der Waals surface area contributed by atoms with Gasteiger partial charge in [-0.05, 0) is 23.3 Å². The smallest absolute Gasteiger partial charge is 0.409 e. The molecule has 1 fully saturated rings. The standard InChI is InChI=1S/C21H24N2O5/c1-2-27-21(26)23-12-10-22(11-13-23)19(24)15-28-20(25)14-17-8-5-7-16-6-3-4-9-18(16)17/h3-9H,2,10-15H2,1H3. The first-order chi connectivity index (χ1) is 13.6. The van der Waals surface area contributed by atoms with Gasteiger partial charge in [0.05, 0.1) is 13.0 Å². The van der Waals surface area contributed by atoms with Gasteiger partial charge in [0.1, 0.15) is 0 Å². The van der Waals surface area contributed by atoms with Gasteiger partial charge < -0.3 is 19.3 Å². The number of esters is 1. The van der Waals surface area contributed by atoms with E-state index in [1.54, 1.807) is 16.7 Å². The lowest BCUT2D eigenvalue weighted by Gasteiger charge is -2.33. The van der Waals surface area contributed by atoms with Crippen molar-refractivity contribution in [2.24, 2.45) is 0 Å². The molecule has 1 aliphatic rings. The van der Waals surface area contributed by atoms with E-state index in [9.17, 15) is 14.4 Å². The van der Waals surface area contributed by atoms with Crippen molar-refractivity contribution in [2.45, 2.75) is 13.3 Å². The average molecular weight is 384 g/mol. The molecule has 0 unspecified atom stereocenters. The lowest BCUT2D eigenvalue weighted by molar-refractivity contribution is -0.152. The molecule has 2 aromatic carbocycles. The van der Waals surface area contributed by atoms with Crippen LogP contribution < -0.4 is 0 Å². The van der Waals surface area contributed by atoms with Gasteiger partial charge >= 0.3 is 12.1 Å². The van der Waals surface area contributed by atoms with Crippen LogP contribution in [0.15, 0.2) is 42.5 Å². The van der Waals surface area contributed by atoms with Crippen molar-refractivity contribution in [2.75, 3.05) is 39.4 Å². The molecule has 1 aliphatic heterocycles. The number of ether oxygens (including phenoxy) is 2. The Morgan fingerprint density at radius 1 is 0.893 bits per heavy atom. The number of fused-ring (bicyclic) bond motifs is 1. The number of amides is 2. The van der Waals surface area contributed by atoms with E-state index in [0.29, 0.717) is 32.8 Å². The lowest BCUT2D eigenvalue weighted by Crippen LogP contribution is -2.51. The predicted octanol–water partition coefficient (Wildman–Crippen LogP) is 2.23. The normalized spacial score (nSPS) is 14.0. The lowest BCUT2D eigenvalue weighted by atomic mass is 10.0. The summed E-state index contributed by atoms with van der Waals surface area (Å²) in [6, 6.07) is 13.6. The molecule has 0 aromatic heterocycles. The highest BCUT2D eigenvalue weighted by atomic mass is 16.6. The second-order valence-corrected chi connectivity index (χ2v) is 6.54. The van der Waals surface area contributed by atoms with E-state index in [-0.39, 0.29) is 25.0 Å². The van der Waals surface area contributed by atoms with E-state index in [1.807, 2.05) is 42.5 Å². The van der Waals surface area contributed by atoms with Crippen molar-refractivity contribution >= 4 is 28.7 Å². The summed E-state index contributed by atoms with van der Waals surface area (Å²) in [5.74, 6) is -0.690. The van der Waals surface area contributed by atoms with Gasteiger partial charge in [0, 0.05) is 26.2 Å². The third kappa shape index (κ3) is 4.79. The molecule has 1 saturated heterocycles. The number of benzene rings is 2. The van der Waals surface area contributed by atoms with Crippen LogP contribution in [0.5, 0.6) is 0 Å². The Kier molecular flexibility index (Phi) is 6.47. The fourth-order valence-electron chi connectivity index (χ4n) is 3.24. The highest BCUT2D eigenvalue weighted by Crippen LogP contribution is 2.19. The van der Waals surface area contributed by atoms with Gasteiger partial charge in [-0.3, -0.25) is 9.59 Å². The van der Waals surface area contributed by atoms with Gasteiger partial charge in [-0.2, -0.15) is 0 Å². The van der Waals surface area contributed by atoms with Gasteiger partial charge in [-0.25, -0.2) is 4.79 Å². The minimum absolute atomic E-state index is 0.116. The van der Waals surface area contributed by atoms with Gasteiger partial charge in [0.15, 0.2) is 6.61 Å². The summed E-state index contributed by atoms with van der Waals surface area (Å²) >= 11 is 0. The second kappa shape index (κ2) is 9.21. The van der Waals surface area contributed by atoms with Gasteiger partial charge in [0.25, 0.3) is 5.91 Å². The maximum Gasteiger partial charge on any atom is 0.409 e. The number of nitrogens with zero attached hydrogens (tertiary/aromatic N) is 2. The molecule has 0 N–H and O–H groups in total. The molecule has 2 aromatic rings. The number of carbonyl (C=O) groups excluding carboxylic acids is 3. The highest BCUT2D eigenvalue weighted by molar-refractivity contribution is 5.89. The first-order valence-electron chi connectivity index (χ1n) is 9.40. The summed E-state index contributed by atoms with van der Waals surface area (Å²) in [7, 11) is 0.